The summed E-state index contributed by atoms with van der Waals surface area (Å²) in [5, 5.41) is 4.94. The van der Waals surface area contributed by atoms with E-state index in [0.29, 0.717) is 22.6 Å². The van der Waals surface area contributed by atoms with Crippen molar-refractivity contribution in [1.29, 1.82) is 0 Å². The Morgan fingerprint density at radius 3 is 2.51 bits per heavy atom. The Kier molecular flexibility index (Phi) is 7.33. The number of hydrogen-bond donors (Lipinski definition) is 1. The van der Waals surface area contributed by atoms with Gasteiger partial charge in [-0.15, -0.1) is 0 Å². The standard InChI is InChI=1S/C30H21BrFN3O2/c31-23-12-15-29(37-19-20-10-13-24(32)14-11-20)22(16-23)18-33-35-30(36)26-17-28(21-6-2-1-3-7-21)34-27-9-5-4-8-25(26)27/h1-18H,19H2,(H,35,36)/b33-18+. The van der Waals surface area contributed by atoms with Crippen LogP contribution < -0.4 is 10.2 Å². The molecule has 5 nitrogen and oxygen atoms in total. The molecule has 0 aliphatic heterocycles. The van der Waals surface area contributed by atoms with E-state index in [2.05, 4.69) is 26.5 Å². The highest BCUT2D eigenvalue weighted by atomic mass is 79.9. The number of carbonyl (C=O) groups is 1. The van der Waals surface area contributed by atoms with E-state index in [9.17, 15) is 9.18 Å². The number of rotatable bonds is 7. The van der Waals surface area contributed by atoms with E-state index in [1.165, 1.54) is 18.3 Å². The number of halogens is 2. The van der Waals surface area contributed by atoms with Gasteiger partial charge in [0.05, 0.1) is 23.0 Å². The van der Waals surface area contributed by atoms with Gasteiger partial charge in [0.1, 0.15) is 18.2 Å². The lowest BCUT2D eigenvalue weighted by Crippen LogP contribution is -2.18. The Hall–Kier alpha value is -4.36. The molecule has 0 spiro atoms. The second-order valence-electron chi connectivity index (χ2n) is 8.23. The predicted octanol–water partition coefficient (Wildman–Crippen LogP) is 7.15. The quantitative estimate of drug-likeness (QED) is 0.172. The molecule has 1 heterocycles. The second-order valence-corrected chi connectivity index (χ2v) is 9.15. The van der Waals surface area contributed by atoms with Crippen molar-refractivity contribution in [2.24, 2.45) is 5.10 Å². The number of benzene rings is 4. The first-order valence-electron chi connectivity index (χ1n) is 11.5. The van der Waals surface area contributed by atoms with Gasteiger partial charge in [-0.1, -0.05) is 76.6 Å². The van der Waals surface area contributed by atoms with Crippen LogP contribution in [0.2, 0.25) is 0 Å². The Bertz CT molecular complexity index is 1590. The lowest BCUT2D eigenvalue weighted by atomic mass is 10.0. The van der Waals surface area contributed by atoms with E-state index in [1.54, 1.807) is 24.3 Å². The van der Waals surface area contributed by atoms with E-state index in [0.717, 1.165) is 26.5 Å². The monoisotopic (exact) mass is 553 g/mol. The van der Waals surface area contributed by atoms with E-state index >= 15 is 0 Å². The molecule has 1 amide bonds. The van der Waals surface area contributed by atoms with Crippen LogP contribution in [-0.4, -0.2) is 17.1 Å². The van der Waals surface area contributed by atoms with Crippen LogP contribution in [0.3, 0.4) is 0 Å². The predicted molar refractivity (Wildman–Crippen MR) is 147 cm³/mol. The zero-order chi connectivity index (χ0) is 25.6. The minimum atomic E-state index is -0.351. The Balaban J connectivity index is 1.37. The van der Waals surface area contributed by atoms with Gasteiger partial charge < -0.3 is 4.74 Å². The molecule has 0 aliphatic rings. The van der Waals surface area contributed by atoms with Crippen molar-refractivity contribution in [1.82, 2.24) is 10.4 Å². The van der Waals surface area contributed by atoms with Gasteiger partial charge in [-0.05, 0) is 48.0 Å². The average Bonchev–Trinajstić information content (AvgIpc) is 2.93. The summed E-state index contributed by atoms with van der Waals surface area (Å²) >= 11 is 3.46. The van der Waals surface area contributed by atoms with Gasteiger partial charge in [0.2, 0.25) is 0 Å². The third-order valence-electron chi connectivity index (χ3n) is 5.68. The van der Waals surface area contributed by atoms with Crippen LogP contribution in [0.1, 0.15) is 21.5 Å². The molecule has 0 atom stereocenters. The zero-order valence-corrected chi connectivity index (χ0v) is 21.2. The lowest BCUT2D eigenvalue weighted by Gasteiger charge is -2.10. The normalized spacial score (nSPS) is 11.1. The van der Waals surface area contributed by atoms with Crippen LogP contribution in [0.5, 0.6) is 5.75 Å². The fourth-order valence-corrected chi connectivity index (χ4v) is 4.21. The van der Waals surface area contributed by atoms with Gasteiger partial charge >= 0.3 is 0 Å². The molecule has 0 fully saturated rings. The SMILES string of the molecule is O=C(N/N=C/c1cc(Br)ccc1OCc1ccc(F)cc1)c1cc(-c2ccccc2)nc2ccccc12. The van der Waals surface area contributed by atoms with Gasteiger partial charge in [-0.25, -0.2) is 14.8 Å². The number of ether oxygens (including phenoxy) is 1. The van der Waals surface area contributed by atoms with Crippen molar-refractivity contribution in [3.63, 3.8) is 0 Å². The first-order chi connectivity index (χ1) is 18.1. The molecule has 7 heteroatoms. The maximum atomic E-state index is 13.2. The van der Waals surface area contributed by atoms with Crippen molar-refractivity contribution < 1.29 is 13.9 Å². The zero-order valence-electron chi connectivity index (χ0n) is 19.6. The molecule has 1 aromatic heterocycles. The van der Waals surface area contributed by atoms with Gasteiger partial charge in [0.25, 0.3) is 5.91 Å². The number of amides is 1. The van der Waals surface area contributed by atoms with Gasteiger partial charge in [0, 0.05) is 21.0 Å². The molecule has 0 radical (unpaired) electrons. The summed E-state index contributed by atoms with van der Waals surface area (Å²) in [6, 6.07) is 30.6. The fraction of sp³-hybridized carbons (Fsp3) is 0.0333. The Morgan fingerprint density at radius 1 is 0.946 bits per heavy atom. The van der Waals surface area contributed by atoms with Gasteiger partial charge in [0.15, 0.2) is 0 Å². The van der Waals surface area contributed by atoms with E-state index in [-0.39, 0.29) is 18.3 Å². The molecule has 0 saturated heterocycles. The van der Waals surface area contributed by atoms with Crippen LogP contribution in [0.15, 0.2) is 113 Å². The number of para-hydroxylation sites is 1. The highest BCUT2D eigenvalue weighted by Crippen LogP contribution is 2.25. The topological polar surface area (TPSA) is 63.6 Å². The highest BCUT2D eigenvalue weighted by molar-refractivity contribution is 9.10. The largest absolute Gasteiger partial charge is 0.488 e. The first kappa shape index (κ1) is 24.3. The number of nitrogens with one attached hydrogen (secondary N) is 1. The van der Waals surface area contributed by atoms with Crippen molar-refractivity contribution in [3.05, 3.63) is 130 Å². The first-order valence-corrected chi connectivity index (χ1v) is 12.3. The number of nitrogens with zero attached hydrogens (tertiary/aromatic N) is 2. The van der Waals surface area contributed by atoms with E-state index in [4.69, 9.17) is 9.72 Å². The lowest BCUT2D eigenvalue weighted by molar-refractivity contribution is 0.0956. The Morgan fingerprint density at radius 2 is 1.70 bits per heavy atom. The third-order valence-corrected chi connectivity index (χ3v) is 6.17. The van der Waals surface area contributed by atoms with Crippen LogP contribution in [0.4, 0.5) is 4.39 Å². The Labute approximate surface area is 221 Å². The van der Waals surface area contributed by atoms with Crippen molar-refractivity contribution in [3.8, 4) is 17.0 Å². The van der Waals surface area contributed by atoms with Crippen molar-refractivity contribution in [2.45, 2.75) is 6.61 Å². The van der Waals surface area contributed by atoms with Crippen molar-refractivity contribution >= 4 is 39.0 Å². The van der Waals surface area contributed by atoms with Crippen LogP contribution >= 0.6 is 15.9 Å². The van der Waals surface area contributed by atoms with E-state index in [1.807, 2.05) is 66.7 Å². The molecule has 0 unspecified atom stereocenters. The summed E-state index contributed by atoms with van der Waals surface area (Å²) in [7, 11) is 0. The maximum Gasteiger partial charge on any atom is 0.272 e. The summed E-state index contributed by atoms with van der Waals surface area (Å²) in [5.41, 5.74) is 6.96. The van der Waals surface area contributed by atoms with Crippen LogP contribution in [-0.2, 0) is 6.61 Å². The fourth-order valence-electron chi connectivity index (χ4n) is 3.83. The molecular formula is C30H21BrFN3O2. The summed E-state index contributed by atoms with van der Waals surface area (Å²) in [6.07, 6.45) is 1.53. The highest BCUT2D eigenvalue weighted by Gasteiger charge is 2.13. The molecular weight excluding hydrogens is 533 g/mol. The second kappa shape index (κ2) is 11.1. The van der Waals surface area contributed by atoms with Gasteiger partial charge in [-0.3, -0.25) is 4.79 Å². The van der Waals surface area contributed by atoms with Crippen LogP contribution in [0, 0.1) is 5.82 Å². The molecule has 0 aliphatic carbocycles. The summed E-state index contributed by atoms with van der Waals surface area (Å²) < 4.78 is 19.9. The maximum absolute atomic E-state index is 13.2. The van der Waals surface area contributed by atoms with Gasteiger partial charge in [-0.2, -0.15) is 5.10 Å². The number of hydrogen-bond acceptors (Lipinski definition) is 4. The number of pyridine rings is 1. The molecule has 5 rings (SSSR count). The molecule has 182 valence electrons. The molecule has 0 saturated carbocycles. The van der Waals surface area contributed by atoms with Crippen molar-refractivity contribution in [2.75, 3.05) is 0 Å². The molecule has 37 heavy (non-hydrogen) atoms. The minimum absolute atomic E-state index is 0.264. The average molecular weight is 554 g/mol. The molecule has 4 aromatic carbocycles. The number of carbonyl (C=O) groups excluding carboxylic acids is 1. The minimum Gasteiger partial charge on any atom is -0.488 e. The third kappa shape index (κ3) is 5.90. The smallest absolute Gasteiger partial charge is 0.272 e. The summed E-state index contributed by atoms with van der Waals surface area (Å²) in [4.78, 5) is 17.9. The van der Waals surface area contributed by atoms with Crippen LogP contribution in [0.25, 0.3) is 22.2 Å². The summed E-state index contributed by atoms with van der Waals surface area (Å²) in [6.45, 7) is 0.264. The molecule has 1 N–H and O–H groups in total. The number of aromatic nitrogens is 1. The molecule has 0 bridgehead atoms. The number of hydrazone groups is 1. The summed E-state index contributed by atoms with van der Waals surface area (Å²) in [5.74, 6) is -0.0733. The molecule has 5 aromatic rings. The number of fused-ring (bicyclic) bond motifs is 1. The van der Waals surface area contributed by atoms with E-state index < -0.39 is 0 Å².